The van der Waals surface area contributed by atoms with E-state index in [9.17, 15) is 61.0 Å². The zero-order valence-corrected chi connectivity index (χ0v) is 45.2. The third-order valence-corrected chi connectivity index (χ3v) is 13.8. The summed E-state index contributed by atoms with van der Waals surface area (Å²) in [5.74, 6) is -0.291. The number of ether oxygens (including phenoxy) is 6. The Morgan fingerprint density at radius 1 is 0.487 bits per heavy atom. The maximum atomic E-state index is 13.3. The number of aliphatic hydroxyl groups is 11. The smallest absolute Gasteiger partial charge is 0.220 e. The Labute approximate surface area is 451 Å². The average Bonchev–Trinajstić information content (AvgIpc) is 3.42. The van der Waals surface area contributed by atoms with Crippen molar-refractivity contribution in [2.45, 2.75) is 253 Å². The predicted molar refractivity (Wildman–Crippen MR) is 286 cm³/mol. The van der Waals surface area contributed by atoms with Gasteiger partial charge in [0, 0.05) is 6.42 Å². The molecule has 3 saturated heterocycles. The first-order chi connectivity index (χ1) is 36.8. The van der Waals surface area contributed by atoms with Crippen molar-refractivity contribution in [3.8, 4) is 0 Å². The Morgan fingerprint density at radius 2 is 0.908 bits per heavy atom. The first-order valence-corrected chi connectivity index (χ1v) is 28.2. The van der Waals surface area contributed by atoms with E-state index in [0.717, 1.165) is 70.6 Å². The maximum absolute atomic E-state index is 13.3. The van der Waals surface area contributed by atoms with Crippen LogP contribution < -0.4 is 5.32 Å². The summed E-state index contributed by atoms with van der Waals surface area (Å²) in [6, 6.07) is -0.912. The van der Waals surface area contributed by atoms with E-state index in [1.165, 1.54) is 38.5 Å². The molecule has 76 heavy (non-hydrogen) atoms. The number of allylic oxidation sites excluding steroid dienone is 12. The van der Waals surface area contributed by atoms with Crippen LogP contribution in [0.25, 0.3) is 0 Å². The van der Waals surface area contributed by atoms with Crippen LogP contribution in [0.2, 0.25) is 0 Å². The molecule has 0 aromatic carbocycles. The first kappa shape index (κ1) is 67.5. The van der Waals surface area contributed by atoms with Crippen molar-refractivity contribution in [3.05, 3.63) is 72.9 Å². The SMILES string of the molecule is CC/C=C\C/C=C\C/C=C\C/C=C\C/C=C\C/C=C\CCCCC(=O)NC(COC1OC(CO)C(OC2OC(CO)C(OC3OC(CO)C(O)C(O)C3O)C(O)C2O)C(O)C1O)C(O)CCCCCCCCCCCC. The summed E-state index contributed by atoms with van der Waals surface area (Å²) in [5, 5.41) is 120. The highest BCUT2D eigenvalue weighted by Gasteiger charge is 2.53. The maximum Gasteiger partial charge on any atom is 0.220 e. The van der Waals surface area contributed by atoms with Gasteiger partial charge in [-0.2, -0.15) is 0 Å². The van der Waals surface area contributed by atoms with E-state index in [1.807, 2.05) is 0 Å². The van der Waals surface area contributed by atoms with Gasteiger partial charge in [-0.3, -0.25) is 4.79 Å². The quantitative estimate of drug-likeness (QED) is 0.0307. The molecule has 3 aliphatic heterocycles. The van der Waals surface area contributed by atoms with Crippen molar-refractivity contribution in [3.63, 3.8) is 0 Å². The fourth-order valence-electron chi connectivity index (χ4n) is 9.14. The van der Waals surface area contributed by atoms with E-state index in [0.29, 0.717) is 19.3 Å². The number of unbranched alkanes of at least 4 members (excludes halogenated alkanes) is 11. The van der Waals surface area contributed by atoms with Gasteiger partial charge >= 0.3 is 0 Å². The van der Waals surface area contributed by atoms with Crippen molar-refractivity contribution in [1.29, 1.82) is 0 Å². The van der Waals surface area contributed by atoms with Crippen molar-refractivity contribution in [2.75, 3.05) is 26.4 Å². The van der Waals surface area contributed by atoms with Gasteiger partial charge in [0.2, 0.25) is 5.91 Å². The molecule has 17 unspecified atom stereocenters. The Bertz CT molecular complexity index is 1670. The third kappa shape index (κ3) is 24.7. The number of carbonyl (C=O) groups excluding carboxylic acids is 1. The van der Waals surface area contributed by atoms with Gasteiger partial charge < -0.3 is 89.9 Å². The normalized spacial score (nSPS) is 31.5. The molecule has 438 valence electrons. The summed E-state index contributed by atoms with van der Waals surface area (Å²) in [5.41, 5.74) is 0. The molecule has 0 radical (unpaired) electrons. The van der Waals surface area contributed by atoms with E-state index in [-0.39, 0.29) is 18.9 Å². The number of rotatable bonds is 39. The van der Waals surface area contributed by atoms with E-state index in [2.05, 4.69) is 92.1 Å². The molecular weight excluding hydrogens is 987 g/mol. The summed E-state index contributed by atoms with van der Waals surface area (Å²) in [6.07, 6.45) is 18.6. The van der Waals surface area contributed by atoms with E-state index >= 15 is 0 Å². The van der Waals surface area contributed by atoms with Crippen LogP contribution in [0.3, 0.4) is 0 Å². The second-order valence-electron chi connectivity index (χ2n) is 20.0. The molecular formula is C57H97NO18. The molecule has 19 nitrogen and oxygen atoms in total. The van der Waals surface area contributed by atoms with Gasteiger partial charge in [0.05, 0.1) is 38.6 Å². The number of nitrogens with one attached hydrogen (secondary N) is 1. The van der Waals surface area contributed by atoms with Crippen LogP contribution in [0.1, 0.15) is 149 Å². The zero-order chi connectivity index (χ0) is 55.5. The Morgan fingerprint density at radius 3 is 1.39 bits per heavy atom. The summed E-state index contributed by atoms with van der Waals surface area (Å²) in [4.78, 5) is 13.3. The van der Waals surface area contributed by atoms with Gasteiger partial charge in [-0.05, 0) is 64.2 Å². The topological polar surface area (TPSA) is 307 Å². The second-order valence-corrected chi connectivity index (χ2v) is 20.0. The van der Waals surface area contributed by atoms with Gasteiger partial charge in [0.1, 0.15) is 73.2 Å². The van der Waals surface area contributed by atoms with Gasteiger partial charge in [-0.25, -0.2) is 0 Å². The number of carbonyl (C=O) groups is 1. The lowest BCUT2D eigenvalue weighted by Gasteiger charge is -2.48. The second kappa shape index (κ2) is 40.4. The molecule has 3 rings (SSSR count). The lowest BCUT2D eigenvalue weighted by molar-refractivity contribution is -0.379. The van der Waals surface area contributed by atoms with Gasteiger partial charge in [-0.1, -0.05) is 151 Å². The number of hydrogen-bond donors (Lipinski definition) is 12. The van der Waals surface area contributed by atoms with Crippen molar-refractivity contribution >= 4 is 5.91 Å². The van der Waals surface area contributed by atoms with Crippen molar-refractivity contribution < 1.29 is 89.4 Å². The van der Waals surface area contributed by atoms with Gasteiger partial charge in [0.15, 0.2) is 18.9 Å². The molecule has 0 bridgehead atoms. The van der Waals surface area contributed by atoms with Crippen LogP contribution in [-0.2, 0) is 33.2 Å². The molecule has 0 aliphatic carbocycles. The minimum Gasteiger partial charge on any atom is -0.394 e. The summed E-state index contributed by atoms with van der Waals surface area (Å²) < 4.78 is 34.2. The molecule has 0 saturated carbocycles. The molecule has 0 aromatic rings. The van der Waals surface area contributed by atoms with Crippen LogP contribution in [0.15, 0.2) is 72.9 Å². The van der Waals surface area contributed by atoms with E-state index in [4.69, 9.17) is 28.4 Å². The minimum absolute atomic E-state index is 0.207. The highest BCUT2D eigenvalue weighted by molar-refractivity contribution is 5.76. The predicted octanol–water partition coefficient (Wildman–Crippen LogP) is 3.87. The van der Waals surface area contributed by atoms with Crippen LogP contribution >= 0.6 is 0 Å². The third-order valence-electron chi connectivity index (χ3n) is 13.8. The summed E-state index contributed by atoms with van der Waals surface area (Å²) in [7, 11) is 0. The Kier molecular flexibility index (Phi) is 35.9. The molecule has 0 aromatic heterocycles. The number of hydrogen-bond acceptors (Lipinski definition) is 18. The molecule has 3 aliphatic rings. The minimum atomic E-state index is -1.98. The van der Waals surface area contributed by atoms with E-state index < -0.39 is 124 Å². The molecule has 1 amide bonds. The summed E-state index contributed by atoms with van der Waals surface area (Å²) in [6.45, 7) is 1.58. The van der Waals surface area contributed by atoms with Crippen LogP contribution in [0.5, 0.6) is 0 Å². The zero-order valence-electron chi connectivity index (χ0n) is 45.2. The Hall–Kier alpha value is -2.77. The van der Waals surface area contributed by atoms with Crippen LogP contribution in [-0.4, -0.2) is 193 Å². The average molecular weight is 1080 g/mol. The standard InChI is InChI=1S/C57H97NO18/c1-3-5-7-9-11-13-15-16-17-18-19-20-21-22-23-24-25-27-29-31-33-35-45(63)58-40(41(62)34-32-30-28-26-14-12-10-8-6-4-2)39-71-55-51(69)48(66)53(43(37-60)73-55)76-57-52(70)49(67)54(44(38-61)74-57)75-56-50(68)47(65)46(64)42(36-59)72-56/h5,7,11,13,16-17,19-20,22-23,25,27,40-44,46-57,59-62,64-70H,3-4,6,8-10,12,14-15,18,21,24,26,28-39H2,1-2H3,(H,58,63)/b7-5-,13-11-,17-16-,20-19-,23-22-,27-25-. The lowest BCUT2D eigenvalue weighted by atomic mass is 9.96. The molecule has 0 spiro atoms. The first-order valence-electron chi connectivity index (χ1n) is 28.2. The largest absolute Gasteiger partial charge is 0.394 e. The molecule has 12 N–H and O–H groups in total. The Balaban J connectivity index is 1.51. The van der Waals surface area contributed by atoms with Crippen molar-refractivity contribution in [1.82, 2.24) is 5.32 Å². The van der Waals surface area contributed by atoms with Crippen molar-refractivity contribution in [2.24, 2.45) is 0 Å². The molecule has 3 heterocycles. The fourth-order valence-corrected chi connectivity index (χ4v) is 9.14. The molecule has 19 heteroatoms. The summed E-state index contributed by atoms with van der Waals surface area (Å²) >= 11 is 0. The van der Waals surface area contributed by atoms with E-state index in [1.54, 1.807) is 0 Å². The number of aliphatic hydroxyl groups excluding tert-OH is 11. The highest BCUT2D eigenvalue weighted by Crippen LogP contribution is 2.33. The molecule has 3 fully saturated rings. The fraction of sp³-hybridized carbons (Fsp3) is 0.772. The monoisotopic (exact) mass is 1080 g/mol. The lowest BCUT2D eigenvalue weighted by Crippen LogP contribution is -2.66. The highest BCUT2D eigenvalue weighted by atomic mass is 16.8. The van der Waals surface area contributed by atoms with Crippen LogP contribution in [0.4, 0.5) is 0 Å². The van der Waals surface area contributed by atoms with Gasteiger partial charge in [0.25, 0.3) is 0 Å². The van der Waals surface area contributed by atoms with Gasteiger partial charge in [-0.15, -0.1) is 0 Å². The van der Waals surface area contributed by atoms with Crippen LogP contribution in [0, 0.1) is 0 Å². The molecule has 17 atom stereocenters. The number of amides is 1.